The van der Waals surface area contributed by atoms with E-state index in [-0.39, 0.29) is 59.6 Å². The Morgan fingerprint density at radius 2 is 1.95 bits per heavy atom. The molecule has 3 amide bonds. The first kappa shape index (κ1) is 21.4. The summed E-state index contributed by atoms with van der Waals surface area (Å²) in [5, 5.41) is 12.3. The van der Waals surface area contributed by atoms with Gasteiger partial charge in [-0.3, -0.25) is 19.3 Å². The number of hydrogen-bond donors (Lipinski definition) is 1. The smallest absolute Gasteiger partial charge is 0.550 e. The summed E-state index contributed by atoms with van der Waals surface area (Å²) in [4.78, 5) is 43.3. The number of carboxylic acids is 1. The van der Waals surface area contributed by atoms with Crippen molar-refractivity contribution in [1.82, 2.24) is 10.2 Å². The van der Waals surface area contributed by atoms with Crippen LogP contribution in [0.3, 0.4) is 0 Å². The monoisotopic (exact) mass is 294 g/mol. The number of nitrogens with one attached hydrogen (secondary N) is 1. The van der Waals surface area contributed by atoms with E-state index in [9.17, 15) is 24.3 Å². The number of carbonyl (C=O) groups excluding carboxylic acids is 4. The average Bonchev–Trinajstić information content (AvgIpc) is 2.55. The zero-order valence-corrected chi connectivity index (χ0v) is 14.6. The second-order valence-electron chi connectivity index (χ2n) is 4.49. The van der Waals surface area contributed by atoms with Crippen LogP contribution in [0.2, 0.25) is 0 Å². The summed E-state index contributed by atoms with van der Waals surface area (Å²) in [6, 6.07) is 0. The second-order valence-corrected chi connectivity index (χ2v) is 4.49. The Bertz CT molecular complexity index is 386. The van der Waals surface area contributed by atoms with Crippen molar-refractivity contribution in [2.45, 2.75) is 26.7 Å². The van der Waals surface area contributed by atoms with Crippen LogP contribution in [0.25, 0.3) is 0 Å². The van der Waals surface area contributed by atoms with Crippen molar-refractivity contribution in [3.63, 3.8) is 0 Å². The van der Waals surface area contributed by atoms with Gasteiger partial charge in [0.25, 0.3) is 0 Å². The van der Waals surface area contributed by atoms with Gasteiger partial charge in [-0.2, -0.15) is 0 Å². The Kier molecular flexibility index (Phi) is 10.6. The molecule has 2 unspecified atom stereocenters. The number of hydrogen-bond acceptors (Lipinski definition) is 5. The third-order valence-corrected chi connectivity index (χ3v) is 2.77. The molecule has 1 aliphatic rings. The molecule has 1 rings (SSSR count). The Morgan fingerprint density at radius 1 is 1.45 bits per heavy atom. The van der Waals surface area contributed by atoms with Crippen molar-refractivity contribution >= 4 is 23.7 Å². The van der Waals surface area contributed by atoms with Crippen molar-refractivity contribution in [3.8, 4) is 0 Å². The van der Waals surface area contributed by atoms with E-state index in [1.807, 2.05) is 0 Å². The molecule has 0 aromatic carbocycles. The third kappa shape index (κ3) is 7.02. The molecular weight excluding hydrogens is 275 g/mol. The molecular formula is C12H19N2NaO5. The zero-order chi connectivity index (χ0) is 15.2. The van der Waals surface area contributed by atoms with E-state index in [1.165, 1.54) is 25.9 Å². The van der Waals surface area contributed by atoms with E-state index in [1.54, 1.807) is 6.92 Å². The van der Waals surface area contributed by atoms with Crippen LogP contribution in [0.5, 0.6) is 0 Å². The van der Waals surface area contributed by atoms with Crippen LogP contribution in [0.15, 0.2) is 0 Å². The van der Waals surface area contributed by atoms with Gasteiger partial charge in [-0.05, 0) is 6.42 Å². The van der Waals surface area contributed by atoms with E-state index < -0.39 is 11.9 Å². The van der Waals surface area contributed by atoms with Crippen molar-refractivity contribution in [2.75, 3.05) is 14.1 Å². The van der Waals surface area contributed by atoms with Crippen LogP contribution in [0.4, 0.5) is 0 Å². The SMILES string of the molecule is CC1CC(=O)N(C)C1=O.CNC(=O)C(C)CC(=O)[O-].[Na+]. The minimum absolute atomic E-state index is 0. The maximum absolute atomic E-state index is 10.8. The Balaban J connectivity index is 0. The number of carbonyl (C=O) groups is 4. The number of imide groups is 1. The maximum Gasteiger partial charge on any atom is 1.00 e. The first-order chi connectivity index (χ1) is 8.70. The molecule has 1 heterocycles. The van der Waals surface area contributed by atoms with Crippen molar-refractivity contribution in [2.24, 2.45) is 11.8 Å². The van der Waals surface area contributed by atoms with Crippen LogP contribution < -0.4 is 40.0 Å². The van der Waals surface area contributed by atoms with E-state index in [0.29, 0.717) is 6.42 Å². The summed E-state index contributed by atoms with van der Waals surface area (Å²) in [5.74, 6) is -2.19. The molecule has 0 saturated carbocycles. The molecule has 0 aromatic heterocycles. The van der Waals surface area contributed by atoms with Gasteiger partial charge < -0.3 is 15.2 Å². The van der Waals surface area contributed by atoms with Gasteiger partial charge in [0, 0.05) is 38.3 Å². The average molecular weight is 294 g/mol. The normalized spacial score (nSPS) is 18.6. The molecule has 1 aliphatic heterocycles. The quantitative estimate of drug-likeness (QED) is 0.417. The minimum Gasteiger partial charge on any atom is -0.550 e. The van der Waals surface area contributed by atoms with Gasteiger partial charge in [-0.15, -0.1) is 0 Å². The predicted octanol–water partition coefficient (Wildman–Crippen LogP) is -4.48. The van der Waals surface area contributed by atoms with E-state index in [2.05, 4.69) is 5.32 Å². The van der Waals surface area contributed by atoms with Crippen molar-refractivity contribution in [3.05, 3.63) is 0 Å². The molecule has 0 aliphatic carbocycles. The van der Waals surface area contributed by atoms with Crippen LogP contribution in [0.1, 0.15) is 26.7 Å². The molecule has 1 fully saturated rings. The topological polar surface area (TPSA) is 107 Å². The van der Waals surface area contributed by atoms with Gasteiger partial charge in [0.1, 0.15) is 0 Å². The summed E-state index contributed by atoms with van der Waals surface area (Å²) in [6.07, 6.45) is 0.162. The molecule has 20 heavy (non-hydrogen) atoms. The van der Waals surface area contributed by atoms with E-state index in [0.717, 1.165) is 0 Å². The van der Waals surface area contributed by atoms with E-state index in [4.69, 9.17) is 0 Å². The number of carboxylic acid groups (broad SMARTS) is 1. The van der Waals surface area contributed by atoms with Gasteiger partial charge in [-0.1, -0.05) is 13.8 Å². The van der Waals surface area contributed by atoms with Crippen LogP contribution in [0, 0.1) is 11.8 Å². The Labute approximate surface area is 140 Å². The summed E-state index contributed by atoms with van der Waals surface area (Å²) in [7, 11) is 2.99. The van der Waals surface area contributed by atoms with Gasteiger partial charge >= 0.3 is 29.6 Å². The minimum atomic E-state index is -1.20. The van der Waals surface area contributed by atoms with Gasteiger partial charge in [0.2, 0.25) is 17.7 Å². The fourth-order valence-corrected chi connectivity index (χ4v) is 1.53. The van der Waals surface area contributed by atoms with Gasteiger partial charge in [0.05, 0.1) is 0 Å². The summed E-state index contributed by atoms with van der Waals surface area (Å²) >= 11 is 0. The second kappa shape index (κ2) is 9.90. The van der Waals surface area contributed by atoms with Crippen molar-refractivity contribution in [1.29, 1.82) is 0 Å². The molecule has 0 radical (unpaired) electrons. The molecule has 7 nitrogen and oxygen atoms in total. The van der Waals surface area contributed by atoms with Crippen LogP contribution in [-0.2, 0) is 19.2 Å². The summed E-state index contributed by atoms with van der Waals surface area (Å²) < 4.78 is 0. The molecule has 1 N–H and O–H groups in total. The zero-order valence-electron chi connectivity index (χ0n) is 12.6. The van der Waals surface area contributed by atoms with Gasteiger partial charge in [0.15, 0.2) is 0 Å². The Morgan fingerprint density at radius 3 is 2.15 bits per heavy atom. The van der Waals surface area contributed by atoms with E-state index >= 15 is 0 Å². The number of likely N-dealkylation sites (tertiary alicyclic amines) is 1. The van der Waals surface area contributed by atoms with Crippen LogP contribution >= 0.6 is 0 Å². The molecule has 1 saturated heterocycles. The molecule has 0 spiro atoms. The maximum atomic E-state index is 10.8. The first-order valence-electron chi connectivity index (χ1n) is 5.92. The molecule has 8 heteroatoms. The number of nitrogens with zero attached hydrogens (tertiary/aromatic N) is 1. The summed E-state index contributed by atoms with van der Waals surface area (Å²) in [5.41, 5.74) is 0. The first-order valence-corrected chi connectivity index (χ1v) is 5.92. The molecule has 2 atom stereocenters. The molecule has 108 valence electrons. The predicted molar refractivity (Wildman–Crippen MR) is 64.4 cm³/mol. The summed E-state index contributed by atoms with van der Waals surface area (Å²) in [6.45, 7) is 3.30. The third-order valence-electron chi connectivity index (χ3n) is 2.77. The van der Waals surface area contributed by atoms with Crippen molar-refractivity contribution < 1.29 is 53.8 Å². The Hall–Kier alpha value is -0.920. The number of amides is 3. The standard InChI is InChI=1S/C6H11NO3.C6H9NO2.Na/c1-4(3-5(8)9)6(10)7-2;1-4-3-5(8)7(2)6(4)9;/h4H,3H2,1-2H3,(H,7,10)(H,8,9);4H,3H2,1-2H3;/q;;+1/p-1. The fraction of sp³-hybridized carbons (Fsp3) is 0.667. The number of aliphatic carboxylic acids is 1. The van der Waals surface area contributed by atoms with Crippen LogP contribution in [-0.4, -0.2) is 42.7 Å². The van der Waals surface area contributed by atoms with Gasteiger partial charge in [-0.25, -0.2) is 0 Å². The fourth-order valence-electron chi connectivity index (χ4n) is 1.53. The largest absolute Gasteiger partial charge is 1.00 e. The molecule has 0 bridgehead atoms. The molecule has 0 aromatic rings. The number of rotatable bonds is 3.